The first-order valence-corrected chi connectivity index (χ1v) is 14.1. The number of unbranched alkanes of at least 4 members (excludes halogenated alkanes) is 1. The van der Waals surface area contributed by atoms with Gasteiger partial charge in [0, 0.05) is 31.4 Å². The number of halogens is 1. The van der Waals surface area contributed by atoms with Crippen LogP contribution in [0.5, 0.6) is 5.75 Å². The second kappa shape index (κ2) is 11.9. The van der Waals surface area contributed by atoms with E-state index in [1.807, 2.05) is 41.5 Å². The lowest BCUT2D eigenvalue weighted by atomic mass is 10.1. The van der Waals surface area contributed by atoms with Crippen molar-refractivity contribution >= 4 is 39.1 Å². The Bertz CT molecular complexity index is 1170. The summed E-state index contributed by atoms with van der Waals surface area (Å²) in [5.74, 6) is -2.22. The molecule has 35 heavy (non-hydrogen) atoms. The number of anilines is 2. The third-order valence-corrected chi connectivity index (χ3v) is 8.52. The van der Waals surface area contributed by atoms with Crippen LogP contribution < -0.4 is 9.64 Å². The lowest BCUT2D eigenvalue weighted by Gasteiger charge is -2.29. The number of hydrogen-bond acceptors (Lipinski definition) is 7. The van der Waals surface area contributed by atoms with E-state index in [1.54, 1.807) is 20.0 Å². The quantitative estimate of drug-likeness (QED) is 0.186. The number of hydrogen-bond donors (Lipinski definition) is 0. The zero-order chi connectivity index (χ0) is 25.6. The minimum atomic E-state index is -3.89. The SMILES string of the molecule is CCCC[C@H]1CN(c2ccccc2)c2cc(SC)c(O/C=C(\F)C(=O)OCC)cc2S(=O)(=O)N1C. The van der Waals surface area contributed by atoms with Crippen molar-refractivity contribution in [3.8, 4) is 5.75 Å². The Kier molecular flexibility index (Phi) is 9.21. The Hall–Kier alpha value is -2.56. The van der Waals surface area contributed by atoms with Crippen molar-refractivity contribution in [1.82, 2.24) is 4.31 Å². The van der Waals surface area contributed by atoms with Gasteiger partial charge in [0.25, 0.3) is 0 Å². The van der Waals surface area contributed by atoms with Crippen LogP contribution in [0.3, 0.4) is 0 Å². The first kappa shape index (κ1) is 27.0. The second-order valence-corrected chi connectivity index (χ2v) is 10.9. The van der Waals surface area contributed by atoms with E-state index in [0.717, 1.165) is 24.9 Å². The number of para-hydroxylation sites is 1. The van der Waals surface area contributed by atoms with Gasteiger partial charge >= 0.3 is 5.97 Å². The van der Waals surface area contributed by atoms with E-state index in [4.69, 9.17) is 4.74 Å². The number of carbonyl (C=O) groups is 1. The van der Waals surface area contributed by atoms with Gasteiger partial charge in [0.2, 0.25) is 15.9 Å². The molecule has 2 aromatic rings. The molecule has 0 spiro atoms. The number of benzene rings is 2. The summed E-state index contributed by atoms with van der Waals surface area (Å²) >= 11 is 1.33. The maximum atomic E-state index is 14.1. The van der Waals surface area contributed by atoms with Gasteiger partial charge in [0.15, 0.2) is 0 Å². The molecule has 1 aliphatic rings. The summed E-state index contributed by atoms with van der Waals surface area (Å²) in [6.07, 6.45) is 5.02. The van der Waals surface area contributed by atoms with Gasteiger partial charge in [-0.2, -0.15) is 8.70 Å². The Morgan fingerprint density at radius 3 is 2.57 bits per heavy atom. The average Bonchev–Trinajstić information content (AvgIpc) is 2.94. The molecule has 1 heterocycles. The van der Waals surface area contributed by atoms with Gasteiger partial charge in [-0.25, -0.2) is 13.2 Å². The van der Waals surface area contributed by atoms with Crippen LogP contribution in [0.4, 0.5) is 15.8 Å². The molecule has 10 heteroatoms. The number of nitrogens with zero attached hydrogens (tertiary/aromatic N) is 2. The van der Waals surface area contributed by atoms with E-state index < -0.39 is 21.8 Å². The molecule has 7 nitrogen and oxygen atoms in total. The van der Waals surface area contributed by atoms with Gasteiger partial charge in [-0.3, -0.25) is 0 Å². The fourth-order valence-corrected chi connectivity index (χ4v) is 6.01. The number of sulfonamides is 1. The lowest BCUT2D eigenvalue weighted by Crippen LogP contribution is -2.40. The van der Waals surface area contributed by atoms with Crippen molar-refractivity contribution in [3.63, 3.8) is 0 Å². The Labute approximate surface area is 210 Å². The molecule has 1 aliphatic heterocycles. The van der Waals surface area contributed by atoms with Crippen molar-refractivity contribution in [2.75, 3.05) is 31.4 Å². The van der Waals surface area contributed by atoms with Crippen LogP contribution >= 0.6 is 11.8 Å². The van der Waals surface area contributed by atoms with Crippen molar-refractivity contribution in [3.05, 3.63) is 54.6 Å². The molecule has 190 valence electrons. The van der Waals surface area contributed by atoms with Crippen LogP contribution in [0.15, 0.2) is 64.3 Å². The van der Waals surface area contributed by atoms with Crippen LogP contribution in [-0.4, -0.2) is 51.2 Å². The van der Waals surface area contributed by atoms with Gasteiger partial charge < -0.3 is 14.4 Å². The molecule has 0 saturated carbocycles. The molecule has 0 radical (unpaired) electrons. The minimum Gasteiger partial charge on any atom is -0.461 e. The summed E-state index contributed by atoms with van der Waals surface area (Å²) in [7, 11) is -2.30. The minimum absolute atomic E-state index is 0.0219. The Morgan fingerprint density at radius 2 is 1.94 bits per heavy atom. The molecule has 0 unspecified atom stereocenters. The van der Waals surface area contributed by atoms with Crippen LogP contribution in [0.1, 0.15) is 33.1 Å². The van der Waals surface area contributed by atoms with E-state index in [9.17, 15) is 17.6 Å². The number of esters is 1. The molecule has 0 saturated heterocycles. The fraction of sp³-hybridized carbons (Fsp3) is 0.400. The molecular formula is C25H31FN2O5S2. The van der Waals surface area contributed by atoms with Crippen LogP contribution in [0, 0.1) is 0 Å². The van der Waals surface area contributed by atoms with Crippen molar-refractivity contribution in [2.24, 2.45) is 0 Å². The van der Waals surface area contributed by atoms with Gasteiger partial charge in [-0.15, -0.1) is 11.8 Å². The van der Waals surface area contributed by atoms with Gasteiger partial charge in [-0.05, 0) is 37.8 Å². The number of rotatable bonds is 9. The smallest absolute Gasteiger partial charge is 0.370 e. The number of thioether (sulfide) groups is 1. The van der Waals surface area contributed by atoms with E-state index in [2.05, 4.69) is 11.7 Å². The summed E-state index contributed by atoms with van der Waals surface area (Å²) in [5.41, 5.74) is 1.39. The van der Waals surface area contributed by atoms with Gasteiger partial charge in [0.1, 0.15) is 16.9 Å². The third kappa shape index (κ3) is 5.99. The summed E-state index contributed by atoms with van der Waals surface area (Å²) in [4.78, 5) is 14.3. The first-order chi connectivity index (χ1) is 16.7. The van der Waals surface area contributed by atoms with Crippen LogP contribution in [-0.2, 0) is 19.6 Å². The predicted octanol–water partition coefficient (Wildman–Crippen LogP) is 5.49. The van der Waals surface area contributed by atoms with Gasteiger partial charge in [-0.1, -0.05) is 38.0 Å². The first-order valence-electron chi connectivity index (χ1n) is 11.5. The maximum Gasteiger partial charge on any atom is 0.370 e. The van der Waals surface area contributed by atoms with Crippen molar-refractivity contribution in [2.45, 2.75) is 48.9 Å². The average molecular weight is 523 g/mol. The largest absolute Gasteiger partial charge is 0.461 e. The van der Waals surface area contributed by atoms with Crippen molar-refractivity contribution < 1.29 is 27.1 Å². The van der Waals surface area contributed by atoms with E-state index in [0.29, 0.717) is 23.4 Å². The summed E-state index contributed by atoms with van der Waals surface area (Å²) in [6, 6.07) is 12.5. The normalized spacial score (nSPS) is 18.0. The highest BCUT2D eigenvalue weighted by molar-refractivity contribution is 7.98. The summed E-state index contributed by atoms with van der Waals surface area (Å²) in [6.45, 7) is 4.15. The molecule has 0 N–H and O–H groups in total. The number of fused-ring (bicyclic) bond motifs is 1. The molecule has 0 bridgehead atoms. The molecule has 0 amide bonds. The van der Waals surface area contributed by atoms with Crippen molar-refractivity contribution in [1.29, 1.82) is 0 Å². The van der Waals surface area contributed by atoms with Gasteiger partial charge in [0.05, 0.1) is 17.2 Å². The predicted molar refractivity (Wildman–Crippen MR) is 136 cm³/mol. The molecule has 0 aliphatic carbocycles. The van der Waals surface area contributed by atoms with E-state index in [-0.39, 0.29) is 23.3 Å². The third-order valence-electron chi connectivity index (χ3n) is 5.82. The summed E-state index contributed by atoms with van der Waals surface area (Å²) in [5, 5.41) is 0. The van der Waals surface area contributed by atoms with E-state index in [1.165, 1.54) is 22.1 Å². The van der Waals surface area contributed by atoms with Crippen LogP contribution in [0.25, 0.3) is 0 Å². The highest BCUT2D eigenvalue weighted by atomic mass is 32.2. The standard InChI is InChI=1S/C25H31FN2O5S2/c1-5-7-11-19-16-28(18-12-9-8-10-13-18)21-14-23(34-4)22(15-24(21)35(30,31)27(19)3)33-17-20(26)25(29)32-6-2/h8-10,12-15,17,19H,5-7,11,16H2,1-4H3/b20-17-/t19-/m0/s1. The summed E-state index contributed by atoms with van der Waals surface area (Å²) < 4.78 is 53.1. The Morgan fingerprint density at radius 1 is 1.23 bits per heavy atom. The second-order valence-electron chi connectivity index (χ2n) is 8.04. The van der Waals surface area contributed by atoms with Crippen LogP contribution in [0.2, 0.25) is 0 Å². The Balaban J connectivity index is 2.16. The highest BCUT2D eigenvalue weighted by Gasteiger charge is 2.37. The molecule has 2 aromatic carbocycles. The molecule has 3 rings (SSSR count). The maximum absolute atomic E-state index is 14.1. The molecular weight excluding hydrogens is 491 g/mol. The fourth-order valence-electron chi connectivity index (χ4n) is 3.90. The molecule has 0 aromatic heterocycles. The molecule has 1 atom stereocenters. The lowest BCUT2D eigenvalue weighted by molar-refractivity contribution is -0.140. The van der Waals surface area contributed by atoms with E-state index >= 15 is 0 Å². The number of likely N-dealkylation sites (N-methyl/N-ethyl adjacent to an activating group) is 1. The highest BCUT2D eigenvalue weighted by Crippen LogP contribution is 2.43. The zero-order valence-electron chi connectivity index (χ0n) is 20.4. The monoisotopic (exact) mass is 522 g/mol. The molecule has 0 fully saturated rings. The number of carbonyl (C=O) groups excluding carboxylic acids is 1. The topological polar surface area (TPSA) is 76.1 Å². The zero-order valence-corrected chi connectivity index (χ0v) is 22.0. The number of ether oxygens (including phenoxy) is 2.